The zero-order chi connectivity index (χ0) is 14.4. The van der Waals surface area contributed by atoms with Crippen LogP contribution in [0.25, 0.3) is 0 Å². The summed E-state index contributed by atoms with van der Waals surface area (Å²) in [4.78, 5) is 14.7. The Labute approximate surface area is 136 Å². The molecule has 0 unspecified atom stereocenters. The van der Waals surface area contributed by atoms with E-state index in [4.69, 9.17) is 0 Å². The van der Waals surface area contributed by atoms with Gasteiger partial charge in [-0.1, -0.05) is 26.2 Å². The van der Waals surface area contributed by atoms with Crippen molar-refractivity contribution in [3.05, 3.63) is 0 Å². The molecule has 4 heteroatoms. The van der Waals surface area contributed by atoms with Gasteiger partial charge < -0.3 is 10.2 Å². The predicted molar refractivity (Wildman–Crippen MR) is 90.9 cm³/mol. The van der Waals surface area contributed by atoms with E-state index in [-0.39, 0.29) is 12.4 Å². The van der Waals surface area contributed by atoms with Crippen LogP contribution >= 0.6 is 12.4 Å². The molecular weight excluding hydrogens is 284 g/mol. The van der Waals surface area contributed by atoms with E-state index in [9.17, 15) is 4.79 Å². The van der Waals surface area contributed by atoms with Crippen LogP contribution in [-0.4, -0.2) is 37.0 Å². The molecule has 2 aliphatic rings. The minimum Gasteiger partial charge on any atom is -0.342 e. The Morgan fingerprint density at radius 1 is 1.10 bits per heavy atom. The van der Waals surface area contributed by atoms with Gasteiger partial charge in [-0.3, -0.25) is 4.79 Å². The number of carbonyl (C=O) groups is 1. The van der Waals surface area contributed by atoms with Crippen LogP contribution in [0.4, 0.5) is 0 Å². The van der Waals surface area contributed by atoms with Crippen LogP contribution in [-0.2, 0) is 4.79 Å². The molecular formula is C17H33ClN2O. The van der Waals surface area contributed by atoms with Crippen molar-refractivity contribution in [3.8, 4) is 0 Å². The van der Waals surface area contributed by atoms with Gasteiger partial charge in [0.25, 0.3) is 0 Å². The molecule has 1 N–H and O–H groups in total. The van der Waals surface area contributed by atoms with Crippen molar-refractivity contribution in [2.45, 2.75) is 70.8 Å². The number of hydrogen-bond acceptors (Lipinski definition) is 2. The van der Waals surface area contributed by atoms with Gasteiger partial charge in [-0.15, -0.1) is 12.4 Å². The normalized spacial score (nSPS) is 27.0. The smallest absolute Gasteiger partial charge is 0.225 e. The lowest BCUT2D eigenvalue weighted by Crippen LogP contribution is -2.46. The van der Waals surface area contributed by atoms with Crippen molar-refractivity contribution in [2.24, 2.45) is 11.8 Å². The standard InChI is InChI=1S/C17H32N2O.ClH/c1-3-4-5-14-6-8-15(9-7-14)17(20)19(2)16-10-12-18-13-11-16;/h14-16,18H,3-13H2,1-2H3;1H. The van der Waals surface area contributed by atoms with E-state index in [0.717, 1.165) is 44.7 Å². The molecule has 0 aromatic heterocycles. The maximum atomic E-state index is 12.6. The van der Waals surface area contributed by atoms with Crippen LogP contribution in [0.1, 0.15) is 64.7 Å². The fourth-order valence-corrected chi connectivity index (χ4v) is 3.85. The molecule has 1 heterocycles. The highest BCUT2D eigenvalue weighted by Crippen LogP contribution is 2.33. The molecule has 2 fully saturated rings. The third-order valence-electron chi connectivity index (χ3n) is 5.37. The largest absolute Gasteiger partial charge is 0.342 e. The highest BCUT2D eigenvalue weighted by molar-refractivity contribution is 5.85. The van der Waals surface area contributed by atoms with Gasteiger partial charge in [0.1, 0.15) is 0 Å². The average molecular weight is 317 g/mol. The van der Waals surface area contributed by atoms with E-state index in [2.05, 4.69) is 17.1 Å². The molecule has 124 valence electrons. The number of nitrogens with zero attached hydrogens (tertiary/aromatic N) is 1. The van der Waals surface area contributed by atoms with Crippen molar-refractivity contribution in [3.63, 3.8) is 0 Å². The predicted octanol–water partition coefficient (Wildman–Crippen LogP) is 3.62. The van der Waals surface area contributed by atoms with Gasteiger partial charge in [-0.25, -0.2) is 0 Å². The van der Waals surface area contributed by atoms with Gasteiger partial charge in [0, 0.05) is 19.0 Å². The average Bonchev–Trinajstić information content (AvgIpc) is 2.53. The molecule has 0 atom stereocenters. The molecule has 21 heavy (non-hydrogen) atoms. The van der Waals surface area contributed by atoms with Crippen molar-refractivity contribution in [2.75, 3.05) is 20.1 Å². The first-order valence-corrected chi connectivity index (χ1v) is 8.69. The van der Waals surface area contributed by atoms with Crippen LogP contribution in [0.3, 0.4) is 0 Å². The molecule has 2 rings (SSSR count). The summed E-state index contributed by atoms with van der Waals surface area (Å²) in [6.07, 6.45) is 11.1. The SMILES string of the molecule is CCCCC1CCC(C(=O)N(C)C2CCNCC2)CC1.Cl. The summed E-state index contributed by atoms with van der Waals surface area (Å²) in [5.41, 5.74) is 0. The van der Waals surface area contributed by atoms with Crippen molar-refractivity contribution < 1.29 is 4.79 Å². The zero-order valence-electron chi connectivity index (χ0n) is 13.8. The highest BCUT2D eigenvalue weighted by atomic mass is 35.5. The minimum absolute atomic E-state index is 0. The third-order valence-corrected chi connectivity index (χ3v) is 5.37. The summed E-state index contributed by atoms with van der Waals surface area (Å²) in [5.74, 6) is 1.63. The zero-order valence-corrected chi connectivity index (χ0v) is 14.6. The molecule has 1 saturated carbocycles. The maximum absolute atomic E-state index is 12.6. The van der Waals surface area contributed by atoms with Crippen molar-refractivity contribution in [1.29, 1.82) is 0 Å². The van der Waals surface area contributed by atoms with Gasteiger partial charge in [-0.2, -0.15) is 0 Å². The summed E-state index contributed by atoms with van der Waals surface area (Å²) >= 11 is 0. The molecule has 1 aliphatic carbocycles. The van der Waals surface area contributed by atoms with E-state index in [1.807, 2.05) is 7.05 Å². The fraction of sp³-hybridized carbons (Fsp3) is 0.941. The van der Waals surface area contributed by atoms with E-state index < -0.39 is 0 Å². The summed E-state index contributed by atoms with van der Waals surface area (Å²) in [6.45, 7) is 4.39. The lowest BCUT2D eigenvalue weighted by atomic mass is 9.79. The highest BCUT2D eigenvalue weighted by Gasteiger charge is 2.30. The van der Waals surface area contributed by atoms with Crippen molar-refractivity contribution >= 4 is 18.3 Å². The quantitative estimate of drug-likeness (QED) is 0.840. The van der Waals surface area contributed by atoms with E-state index in [0.29, 0.717) is 17.9 Å². The summed E-state index contributed by atoms with van der Waals surface area (Å²) in [5, 5.41) is 3.38. The first-order valence-electron chi connectivity index (χ1n) is 8.69. The van der Waals surface area contributed by atoms with Crippen LogP contribution in [0, 0.1) is 11.8 Å². The van der Waals surface area contributed by atoms with Gasteiger partial charge in [-0.05, 0) is 57.5 Å². The minimum atomic E-state index is 0. The maximum Gasteiger partial charge on any atom is 0.225 e. The van der Waals surface area contributed by atoms with Gasteiger partial charge in [0.15, 0.2) is 0 Å². The Kier molecular flexibility index (Phi) is 8.65. The van der Waals surface area contributed by atoms with Crippen LogP contribution in [0.2, 0.25) is 0 Å². The molecule has 0 aromatic carbocycles. The Hall–Kier alpha value is -0.280. The molecule has 0 radical (unpaired) electrons. The molecule has 3 nitrogen and oxygen atoms in total. The number of unbranched alkanes of at least 4 members (excludes halogenated alkanes) is 1. The molecule has 1 amide bonds. The number of piperidine rings is 1. The summed E-state index contributed by atoms with van der Waals surface area (Å²) < 4.78 is 0. The number of hydrogen-bond donors (Lipinski definition) is 1. The first-order chi connectivity index (χ1) is 9.72. The van der Waals surface area contributed by atoms with Crippen LogP contribution < -0.4 is 5.32 Å². The monoisotopic (exact) mass is 316 g/mol. The summed E-state index contributed by atoms with van der Waals surface area (Å²) in [7, 11) is 2.03. The molecule has 0 spiro atoms. The second-order valence-corrected chi connectivity index (χ2v) is 6.79. The van der Waals surface area contributed by atoms with E-state index in [1.54, 1.807) is 0 Å². The second-order valence-electron chi connectivity index (χ2n) is 6.79. The number of halogens is 1. The number of rotatable bonds is 5. The van der Waals surface area contributed by atoms with Crippen molar-refractivity contribution in [1.82, 2.24) is 10.2 Å². The topological polar surface area (TPSA) is 32.3 Å². The Balaban J connectivity index is 0.00000220. The van der Waals surface area contributed by atoms with E-state index in [1.165, 1.54) is 32.1 Å². The fourth-order valence-electron chi connectivity index (χ4n) is 3.85. The number of amides is 1. The van der Waals surface area contributed by atoms with Crippen LogP contribution in [0.5, 0.6) is 0 Å². The Morgan fingerprint density at radius 3 is 2.29 bits per heavy atom. The van der Waals surface area contributed by atoms with Crippen LogP contribution in [0.15, 0.2) is 0 Å². The summed E-state index contributed by atoms with van der Waals surface area (Å²) in [6, 6.07) is 0.474. The molecule has 0 bridgehead atoms. The Morgan fingerprint density at radius 2 is 1.71 bits per heavy atom. The molecule has 1 saturated heterocycles. The van der Waals surface area contributed by atoms with Gasteiger partial charge in [0.05, 0.1) is 0 Å². The first kappa shape index (κ1) is 18.8. The Bertz CT molecular complexity index is 297. The number of nitrogens with one attached hydrogen (secondary N) is 1. The lowest BCUT2D eigenvalue weighted by Gasteiger charge is -2.36. The van der Waals surface area contributed by atoms with Gasteiger partial charge in [0.2, 0.25) is 5.91 Å². The lowest BCUT2D eigenvalue weighted by molar-refractivity contribution is -0.138. The van der Waals surface area contributed by atoms with E-state index >= 15 is 0 Å². The molecule has 1 aliphatic heterocycles. The van der Waals surface area contributed by atoms with Gasteiger partial charge >= 0.3 is 0 Å². The molecule has 0 aromatic rings. The number of carbonyl (C=O) groups excluding carboxylic acids is 1. The second kappa shape index (κ2) is 9.68. The third kappa shape index (κ3) is 5.45.